The van der Waals surface area contributed by atoms with Gasteiger partial charge in [0, 0.05) is 28.4 Å². The van der Waals surface area contributed by atoms with Crippen molar-refractivity contribution in [3.8, 4) is 0 Å². The Balaban J connectivity index is 1.80. The maximum Gasteiger partial charge on any atom is 0.290 e. The van der Waals surface area contributed by atoms with Gasteiger partial charge >= 0.3 is 0 Å². The van der Waals surface area contributed by atoms with Crippen molar-refractivity contribution in [3.63, 3.8) is 0 Å². The quantitative estimate of drug-likeness (QED) is 0.518. The molecule has 8 heteroatoms. The molecule has 0 fully saturated rings. The number of furan rings is 1. The van der Waals surface area contributed by atoms with Crippen molar-refractivity contribution in [3.05, 3.63) is 67.7 Å². The highest BCUT2D eigenvalue weighted by molar-refractivity contribution is 9.10. The third kappa shape index (κ3) is 3.41. The Kier molecular flexibility index (Phi) is 5.33. The number of fused-ring (bicyclic) bond motifs is 1. The van der Waals surface area contributed by atoms with E-state index in [1.54, 1.807) is 12.1 Å². The molecule has 0 bridgehead atoms. The van der Waals surface area contributed by atoms with Gasteiger partial charge in [-0.15, -0.1) is 11.3 Å². The number of carbonyl (C=O) groups excluding carboxylic acids is 2. The lowest BCUT2D eigenvalue weighted by Crippen LogP contribution is -2.33. The first kappa shape index (κ1) is 19.9. The first-order chi connectivity index (χ1) is 13.9. The van der Waals surface area contributed by atoms with Gasteiger partial charge in [0.15, 0.2) is 11.5 Å². The lowest BCUT2D eigenvalue weighted by atomic mass is 9.98. The van der Waals surface area contributed by atoms with Crippen molar-refractivity contribution in [2.45, 2.75) is 13.0 Å². The summed E-state index contributed by atoms with van der Waals surface area (Å²) in [6.45, 7) is 2.46. The Morgan fingerprint density at radius 3 is 2.83 bits per heavy atom. The summed E-state index contributed by atoms with van der Waals surface area (Å²) in [7, 11) is 1.54. The number of aryl methyl sites for hydroxylation is 1. The highest BCUT2D eigenvalue weighted by Crippen LogP contribution is 2.42. The molecular formula is C21H18BrNO5S. The van der Waals surface area contributed by atoms with Gasteiger partial charge in [0.25, 0.3) is 5.91 Å². The van der Waals surface area contributed by atoms with E-state index >= 15 is 0 Å². The molecule has 4 rings (SSSR count). The van der Waals surface area contributed by atoms with Gasteiger partial charge in [-0.3, -0.25) is 9.59 Å². The number of thiophene rings is 1. The van der Waals surface area contributed by atoms with Crippen LogP contribution in [0.5, 0.6) is 0 Å². The number of carbonyl (C=O) groups is 2. The van der Waals surface area contributed by atoms with Crippen molar-refractivity contribution in [1.82, 2.24) is 4.90 Å². The predicted molar refractivity (Wildman–Crippen MR) is 113 cm³/mol. The van der Waals surface area contributed by atoms with E-state index in [0.29, 0.717) is 12.2 Å². The van der Waals surface area contributed by atoms with Crippen LogP contribution in [0.15, 0.2) is 55.9 Å². The number of ether oxygens (including phenoxy) is 1. The first-order valence-electron chi connectivity index (χ1n) is 8.93. The fraction of sp³-hybridized carbons (Fsp3) is 0.238. The molecule has 0 saturated heterocycles. The van der Waals surface area contributed by atoms with Crippen molar-refractivity contribution >= 4 is 49.9 Å². The van der Waals surface area contributed by atoms with E-state index < -0.39 is 23.5 Å². The normalized spacial score (nSPS) is 17.0. The number of ketones is 1. The number of amides is 1. The molecule has 6 nitrogen and oxygen atoms in total. The lowest BCUT2D eigenvalue weighted by Gasteiger charge is -2.25. The smallest absolute Gasteiger partial charge is 0.290 e. The number of aliphatic hydroxyl groups is 1. The summed E-state index contributed by atoms with van der Waals surface area (Å²) in [5, 5.41) is 13.3. The highest BCUT2D eigenvalue weighted by Gasteiger charge is 2.45. The van der Waals surface area contributed by atoms with E-state index in [1.165, 1.54) is 23.3 Å². The average Bonchev–Trinajstić information content (AvgIpc) is 3.37. The first-order valence-corrected chi connectivity index (χ1v) is 10.6. The van der Waals surface area contributed by atoms with Crippen LogP contribution in [0.1, 0.15) is 27.0 Å². The molecule has 29 heavy (non-hydrogen) atoms. The van der Waals surface area contributed by atoms with Gasteiger partial charge in [-0.2, -0.15) is 0 Å². The molecular weight excluding hydrogens is 458 g/mol. The molecule has 0 spiro atoms. The fourth-order valence-corrected chi connectivity index (χ4v) is 4.93. The standard InChI is InChI=1S/C21H18BrNO5S/c1-11-5-8-29-20(11)17-16(19(25)21(26)23(17)6-7-27-2)18(24)15-10-12-9-13(22)3-4-14(12)28-15/h3-5,8-10,17,25H,6-7H2,1-2H3. The van der Waals surface area contributed by atoms with E-state index in [1.807, 2.05) is 30.5 Å². The molecule has 1 aliphatic heterocycles. The zero-order chi connectivity index (χ0) is 20.7. The van der Waals surface area contributed by atoms with E-state index in [9.17, 15) is 14.7 Å². The second-order valence-electron chi connectivity index (χ2n) is 6.75. The summed E-state index contributed by atoms with van der Waals surface area (Å²) in [5.74, 6) is -1.53. The van der Waals surface area contributed by atoms with Gasteiger partial charge < -0.3 is 19.2 Å². The maximum absolute atomic E-state index is 13.4. The van der Waals surface area contributed by atoms with Crippen molar-refractivity contribution in [2.24, 2.45) is 0 Å². The summed E-state index contributed by atoms with van der Waals surface area (Å²) >= 11 is 4.84. The van der Waals surface area contributed by atoms with Crippen molar-refractivity contribution < 1.29 is 23.8 Å². The van der Waals surface area contributed by atoms with Crippen LogP contribution in [0, 0.1) is 6.92 Å². The second kappa shape index (κ2) is 7.78. The number of benzene rings is 1. The van der Waals surface area contributed by atoms with Crippen LogP contribution in [0.2, 0.25) is 0 Å². The third-order valence-corrected chi connectivity index (χ3v) is 6.50. The van der Waals surface area contributed by atoms with Crippen LogP contribution in [0.4, 0.5) is 0 Å². The zero-order valence-electron chi connectivity index (χ0n) is 15.8. The molecule has 1 aromatic carbocycles. The minimum atomic E-state index is -0.676. The molecule has 3 aromatic rings. The van der Waals surface area contributed by atoms with Crippen molar-refractivity contribution in [1.29, 1.82) is 0 Å². The highest BCUT2D eigenvalue weighted by atomic mass is 79.9. The summed E-state index contributed by atoms with van der Waals surface area (Å²) in [6.07, 6.45) is 0. The van der Waals surface area contributed by atoms with Gasteiger partial charge in [-0.1, -0.05) is 15.9 Å². The number of nitrogens with zero attached hydrogens (tertiary/aromatic N) is 1. The van der Waals surface area contributed by atoms with Crippen LogP contribution in [0.25, 0.3) is 11.0 Å². The molecule has 150 valence electrons. The molecule has 1 unspecified atom stereocenters. The molecule has 0 aliphatic carbocycles. The van der Waals surface area contributed by atoms with Gasteiger partial charge in [0.1, 0.15) is 11.6 Å². The van der Waals surface area contributed by atoms with Crippen LogP contribution in [0.3, 0.4) is 0 Å². The lowest BCUT2D eigenvalue weighted by molar-refractivity contribution is -0.130. The van der Waals surface area contributed by atoms with E-state index in [4.69, 9.17) is 9.15 Å². The number of hydrogen-bond acceptors (Lipinski definition) is 6. The summed E-state index contributed by atoms with van der Waals surface area (Å²) in [4.78, 5) is 28.4. The molecule has 1 amide bonds. The number of rotatable bonds is 6. The molecule has 2 aromatic heterocycles. The summed E-state index contributed by atoms with van der Waals surface area (Å²) < 4.78 is 11.7. The number of halogens is 1. The van der Waals surface area contributed by atoms with E-state index in [-0.39, 0.29) is 17.9 Å². The van der Waals surface area contributed by atoms with Gasteiger partial charge in [-0.25, -0.2) is 0 Å². The molecule has 1 atom stereocenters. The Hall–Kier alpha value is -2.42. The van der Waals surface area contributed by atoms with Gasteiger partial charge in [-0.05, 0) is 48.2 Å². The SMILES string of the molecule is COCCN1C(=O)C(O)=C(C(=O)c2cc3cc(Br)ccc3o2)C1c1sccc1C. The second-order valence-corrected chi connectivity index (χ2v) is 8.61. The molecule has 1 N–H and O–H groups in total. The van der Waals surface area contributed by atoms with Crippen LogP contribution < -0.4 is 0 Å². The Bertz CT molecular complexity index is 1150. The zero-order valence-corrected chi connectivity index (χ0v) is 18.2. The topological polar surface area (TPSA) is 80.0 Å². The minimum Gasteiger partial charge on any atom is -0.503 e. The monoisotopic (exact) mass is 475 g/mol. The van der Waals surface area contributed by atoms with Gasteiger partial charge in [0.05, 0.1) is 12.2 Å². The Labute approximate surface area is 179 Å². The summed E-state index contributed by atoms with van der Waals surface area (Å²) in [6, 6.07) is 8.30. The van der Waals surface area contributed by atoms with E-state index in [2.05, 4.69) is 15.9 Å². The number of hydrogen-bond donors (Lipinski definition) is 1. The number of Topliss-reactive ketones (excluding diaryl/α,β-unsaturated/α-hetero) is 1. The summed E-state index contributed by atoms with van der Waals surface area (Å²) in [5.41, 5.74) is 1.54. The van der Waals surface area contributed by atoms with Gasteiger partial charge in [0.2, 0.25) is 5.78 Å². The predicted octanol–water partition coefficient (Wildman–Crippen LogP) is 4.79. The molecule has 3 heterocycles. The van der Waals surface area contributed by atoms with Crippen molar-refractivity contribution in [2.75, 3.05) is 20.3 Å². The third-order valence-electron chi connectivity index (χ3n) is 4.94. The minimum absolute atomic E-state index is 0.0368. The Morgan fingerprint density at radius 1 is 1.34 bits per heavy atom. The molecule has 0 radical (unpaired) electrons. The van der Waals surface area contributed by atoms with E-state index in [0.717, 1.165) is 20.3 Å². The van der Waals surface area contributed by atoms with Crippen LogP contribution in [-0.4, -0.2) is 42.0 Å². The number of aliphatic hydroxyl groups excluding tert-OH is 1. The Morgan fingerprint density at radius 2 is 2.14 bits per heavy atom. The molecule has 1 aliphatic rings. The average molecular weight is 476 g/mol. The maximum atomic E-state index is 13.4. The largest absolute Gasteiger partial charge is 0.503 e. The fourth-order valence-electron chi connectivity index (χ4n) is 3.50. The van der Waals surface area contributed by atoms with Crippen LogP contribution in [-0.2, 0) is 9.53 Å². The van der Waals surface area contributed by atoms with Crippen LogP contribution >= 0.6 is 27.3 Å². The number of methoxy groups -OCH3 is 1. The molecule has 0 saturated carbocycles.